The van der Waals surface area contributed by atoms with Crippen molar-refractivity contribution in [3.8, 4) is 0 Å². The Labute approximate surface area is 134 Å². The minimum atomic E-state index is 0.364. The van der Waals surface area contributed by atoms with Crippen molar-refractivity contribution >= 4 is 0 Å². The average Bonchev–Trinajstić information content (AvgIpc) is 2.54. The van der Waals surface area contributed by atoms with Gasteiger partial charge in [-0.05, 0) is 37.5 Å². The number of hydrogen-bond acceptors (Lipinski definition) is 2. The van der Waals surface area contributed by atoms with Crippen molar-refractivity contribution in [1.82, 2.24) is 10.2 Å². The van der Waals surface area contributed by atoms with Gasteiger partial charge < -0.3 is 5.32 Å². The monoisotopic (exact) mass is 294 g/mol. The molecule has 3 rings (SSSR count). The second-order valence-electron chi connectivity index (χ2n) is 6.46. The zero-order chi connectivity index (χ0) is 15.5. The van der Waals surface area contributed by atoms with Crippen LogP contribution in [-0.4, -0.2) is 31.1 Å². The minimum absolute atomic E-state index is 0.364. The van der Waals surface area contributed by atoms with E-state index < -0.39 is 0 Å². The molecule has 0 spiro atoms. The molecular weight excluding hydrogens is 268 g/mol. The molecule has 0 radical (unpaired) electrons. The van der Waals surface area contributed by atoms with Gasteiger partial charge in [-0.1, -0.05) is 53.6 Å². The molecule has 0 aliphatic carbocycles. The molecule has 0 bridgehead atoms. The highest BCUT2D eigenvalue weighted by Gasteiger charge is 2.25. The van der Waals surface area contributed by atoms with Crippen LogP contribution >= 0.6 is 0 Å². The Morgan fingerprint density at radius 1 is 0.864 bits per heavy atom. The standard InChI is InChI=1S/C20H26N2/c1-15-5-8-18(9-6-15)20(22-12-10-21-11-13-22)19-14-16(2)4-7-17(19)3/h4-9,14,20-21H,10-13H2,1-3H3. The summed E-state index contributed by atoms with van der Waals surface area (Å²) in [7, 11) is 0. The van der Waals surface area contributed by atoms with Gasteiger partial charge in [0.25, 0.3) is 0 Å². The summed E-state index contributed by atoms with van der Waals surface area (Å²) in [6.45, 7) is 10.9. The first-order chi connectivity index (χ1) is 10.6. The molecule has 0 aromatic heterocycles. The second-order valence-corrected chi connectivity index (χ2v) is 6.46. The van der Waals surface area contributed by atoms with Crippen LogP contribution in [0.1, 0.15) is 33.9 Å². The van der Waals surface area contributed by atoms with E-state index in [0.29, 0.717) is 6.04 Å². The van der Waals surface area contributed by atoms with Crippen molar-refractivity contribution in [2.24, 2.45) is 0 Å². The maximum atomic E-state index is 3.47. The lowest BCUT2D eigenvalue weighted by Gasteiger charge is -2.36. The van der Waals surface area contributed by atoms with Crippen molar-refractivity contribution in [1.29, 1.82) is 0 Å². The molecule has 1 N–H and O–H groups in total. The fourth-order valence-corrected chi connectivity index (χ4v) is 3.33. The van der Waals surface area contributed by atoms with Crippen molar-refractivity contribution in [2.75, 3.05) is 26.2 Å². The molecule has 1 heterocycles. The maximum Gasteiger partial charge on any atom is 0.0605 e. The van der Waals surface area contributed by atoms with Crippen LogP contribution in [0.4, 0.5) is 0 Å². The first-order valence-electron chi connectivity index (χ1n) is 8.23. The molecule has 1 atom stereocenters. The van der Waals surface area contributed by atoms with E-state index >= 15 is 0 Å². The minimum Gasteiger partial charge on any atom is -0.314 e. The lowest BCUT2D eigenvalue weighted by atomic mass is 9.91. The van der Waals surface area contributed by atoms with Crippen LogP contribution in [0.15, 0.2) is 42.5 Å². The largest absolute Gasteiger partial charge is 0.314 e. The molecule has 1 aliphatic rings. The summed E-state index contributed by atoms with van der Waals surface area (Å²) in [5.41, 5.74) is 6.90. The molecule has 1 aliphatic heterocycles. The second kappa shape index (κ2) is 6.64. The quantitative estimate of drug-likeness (QED) is 0.930. The highest BCUT2D eigenvalue weighted by atomic mass is 15.2. The zero-order valence-corrected chi connectivity index (χ0v) is 13.9. The summed E-state index contributed by atoms with van der Waals surface area (Å²) in [4.78, 5) is 2.61. The Balaban J connectivity index is 2.05. The Bertz CT molecular complexity index is 625. The maximum absolute atomic E-state index is 3.47. The van der Waals surface area contributed by atoms with Crippen molar-refractivity contribution in [2.45, 2.75) is 26.8 Å². The lowest BCUT2D eigenvalue weighted by Crippen LogP contribution is -2.45. The highest BCUT2D eigenvalue weighted by molar-refractivity contribution is 5.40. The summed E-state index contributed by atoms with van der Waals surface area (Å²) >= 11 is 0. The van der Waals surface area contributed by atoms with Crippen molar-refractivity contribution in [3.63, 3.8) is 0 Å². The van der Waals surface area contributed by atoms with E-state index in [2.05, 4.69) is 73.5 Å². The predicted octanol–water partition coefficient (Wildman–Crippen LogP) is 3.61. The molecular formula is C20H26N2. The summed E-state index contributed by atoms with van der Waals surface area (Å²) < 4.78 is 0. The van der Waals surface area contributed by atoms with Gasteiger partial charge >= 0.3 is 0 Å². The van der Waals surface area contributed by atoms with Crippen LogP contribution in [-0.2, 0) is 0 Å². The molecule has 1 unspecified atom stereocenters. The van der Waals surface area contributed by atoms with E-state index in [4.69, 9.17) is 0 Å². The van der Waals surface area contributed by atoms with Gasteiger partial charge in [0, 0.05) is 26.2 Å². The Kier molecular flexibility index (Phi) is 4.60. The van der Waals surface area contributed by atoms with E-state index in [-0.39, 0.29) is 0 Å². The Hall–Kier alpha value is -1.64. The van der Waals surface area contributed by atoms with Gasteiger partial charge in [-0.2, -0.15) is 0 Å². The molecule has 2 nitrogen and oxygen atoms in total. The molecule has 2 heteroatoms. The smallest absolute Gasteiger partial charge is 0.0605 e. The van der Waals surface area contributed by atoms with E-state index in [1.807, 2.05) is 0 Å². The van der Waals surface area contributed by atoms with Crippen molar-refractivity contribution < 1.29 is 0 Å². The number of piperazine rings is 1. The highest BCUT2D eigenvalue weighted by Crippen LogP contribution is 2.31. The van der Waals surface area contributed by atoms with Crippen LogP contribution in [0.25, 0.3) is 0 Å². The number of rotatable bonds is 3. The van der Waals surface area contributed by atoms with Gasteiger partial charge in [-0.25, -0.2) is 0 Å². The third-order valence-corrected chi connectivity index (χ3v) is 4.64. The van der Waals surface area contributed by atoms with Crippen LogP contribution in [0, 0.1) is 20.8 Å². The Morgan fingerprint density at radius 2 is 1.50 bits per heavy atom. The number of benzene rings is 2. The molecule has 0 saturated carbocycles. The fourth-order valence-electron chi connectivity index (χ4n) is 3.33. The van der Waals surface area contributed by atoms with Gasteiger partial charge in [-0.3, -0.25) is 4.90 Å². The number of nitrogens with zero attached hydrogens (tertiary/aromatic N) is 1. The van der Waals surface area contributed by atoms with E-state index in [1.54, 1.807) is 0 Å². The molecule has 0 amide bonds. The van der Waals surface area contributed by atoms with Gasteiger partial charge in [0.15, 0.2) is 0 Å². The lowest BCUT2D eigenvalue weighted by molar-refractivity contribution is 0.198. The van der Waals surface area contributed by atoms with Crippen LogP contribution in [0.3, 0.4) is 0 Å². The molecule has 22 heavy (non-hydrogen) atoms. The first kappa shape index (κ1) is 15.3. The van der Waals surface area contributed by atoms with Gasteiger partial charge in [0.1, 0.15) is 0 Å². The summed E-state index contributed by atoms with van der Waals surface area (Å²) in [6.07, 6.45) is 0. The average molecular weight is 294 g/mol. The summed E-state index contributed by atoms with van der Waals surface area (Å²) in [6, 6.07) is 16.3. The summed E-state index contributed by atoms with van der Waals surface area (Å²) in [5.74, 6) is 0. The van der Waals surface area contributed by atoms with Gasteiger partial charge in [0.05, 0.1) is 6.04 Å². The zero-order valence-electron chi connectivity index (χ0n) is 13.9. The van der Waals surface area contributed by atoms with E-state index in [1.165, 1.54) is 27.8 Å². The first-order valence-corrected chi connectivity index (χ1v) is 8.23. The third kappa shape index (κ3) is 3.23. The summed E-state index contributed by atoms with van der Waals surface area (Å²) in [5, 5.41) is 3.47. The third-order valence-electron chi connectivity index (χ3n) is 4.64. The van der Waals surface area contributed by atoms with E-state index in [9.17, 15) is 0 Å². The molecule has 1 fully saturated rings. The van der Waals surface area contributed by atoms with E-state index in [0.717, 1.165) is 26.2 Å². The fraction of sp³-hybridized carbons (Fsp3) is 0.400. The molecule has 2 aromatic carbocycles. The number of aryl methyl sites for hydroxylation is 3. The predicted molar refractivity (Wildman–Crippen MR) is 93.4 cm³/mol. The van der Waals surface area contributed by atoms with Gasteiger partial charge in [0.2, 0.25) is 0 Å². The van der Waals surface area contributed by atoms with Crippen LogP contribution in [0.5, 0.6) is 0 Å². The normalized spacial score (nSPS) is 17.4. The van der Waals surface area contributed by atoms with Crippen LogP contribution in [0.2, 0.25) is 0 Å². The molecule has 2 aromatic rings. The SMILES string of the molecule is Cc1ccc(C(c2cc(C)ccc2C)N2CCNCC2)cc1. The van der Waals surface area contributed by atoms with Crippen molar-refractivity contribution in [3.05, 3.63) is 70.3 Å². The molecule has 1 saturated heterocycles. The van der Waals surface area contributed by atoms with Crippen LogP contribution < -0.4 is 5.32 Å². The van der Waals surface area contributed by atoms with Gasteiger partial charge in [-0.15, -0.1) is 0 Å². The number of nitrogens with one attached hydrogen (secondary N) is 1. The Morgan fingerprint density at radius 3 is 2.18 bits per heavy atom. The number of hydrogen-bond donors (Lipinski definition) is 1. The topological polar surface area (TPSA) is 15.3 Å². The molecule has 116 valence electrons.